The van der Waals surface area contributed by atoms with Crippen molar-refractivity contribution in [3.05, 3.63) is 102 Å². The molecule has 1 unspecified atom stereocenters. The summed E-state index contributed by atoms with van der Waals surface area (Å²) in [7, 11) is 0. The van der Waals surface area contributed by atoms with Crippen LogP contribution in [0, 0.1) is 5.92 Å². The molecular formula is C30H35N3O. The van der Waals surface area contributed by atoms with Gasteiger partial charge in [0.1, 0.15) is 0 Å². The lowest BCUT2D eigenvalue weighted by Crippen LogP contribution is -2.48. The SMILES string of the molecule is O=C(Nc1ccccc1)N1Cc2ccccc2CC1CCN1CCC(Cc2ccccc2)CC1. The molecule has 1 fully saturated rings. The lowest BCUT2D eigenvalue weighted by Gasteiger charge is -2.39. The monoisotopic (exact) mass is 453 g/mol. The number of nitrogens with zero attached hydrogens (tertiary/aromatic N) is 2. The number of benzene rings is 3. The summed E-state index contributed by atoms with van der Waals surface area (Å²) >= 11 is 0. The maximum Gasteiger partial charge on any atom is 0.322 e. The van der Waals surface area contributed by atoms with E-state index in [0.29, 0.717) is 6.54 Å². The highest BCUT2D eigenvalue weighted by atomic mass is 16.2. The Hall–Kier alpha value is -3.11. The molecule has 4 heteroatoms. The van der Waals surface area contributed by atoms with Gasteiger partial charge in [0.2, 0.25) is 0 Å². The smallest absolute Gasteiger partial charge is 0.317 e. The summed E-state index contributed by atoms with van der Waals surface area (Å²) in [5.41, 5.74) is 4.97. The van der Waals surface area contributed by atoms with Gasteiger partial charge >= 0.3 is 6.03 Å². The van der Waals surface area contributed by atoms with Crippen molar-refractivity contribution in [3.8, 4) is 0 Å². The molecule has 0 spiro atoms. The van der Waals surface area contributed by atoms with Gasteiger partial charge in [0, 0.05) is 24.8 Å². The van der Waals surface area contributed by atoms with Crippen LogP contribution in [-0.4, -0.2) is 41.5 Å². The lowest BCUT2D eigenvalue weighted by atomic mass is 9.89. The average molecular weight is 454 g/mol. The summed E-state index contributed by atoms with van der Waals surface area (Å²) in [5, 5.41) is 3.11. The summed E-state index contributed by atoms with van der Waals surface area (Å²) in [6.07, 6.45) is 5.67. The Morgan fingerprint density at radius 3 is 2.21 bits per heavy atom. The molecule has 2 aliphatic rings. The highest BCUT2D eigenvalue weighted by molar-refractivity contribution is 5.89. The molecule has 0 saturated carbocycles. The molecule has 3 aromatic carbocycles. The topological polar surface area (TPSA) is 35.6 Å². The number of carbonyl (C=O) groups is 1. The number of para-hydroxylation sites is 1. The van der Waals surface area contributed by atoms with E-state index in [9.17, 15) is 4.79 Å². The van der Waals surface area contributed by atoms with Crippen molar-refractivity contribution >= 4 is 11.7 Å². The minimum atomic E-state index is 0.00673. The van der Waals surface area contributed by atoms with Crippen molar-refractivity contribution in [2.24, 2.45) is 5.92 Å². The number of likely N-dealkylation sites (tertiary alicyclic amines) is 1. The summed E-state index contributed by atoms with van der Waals surface area (Å²) in [4.78, 5) is 17.9. The van der Waals surface area contributed by atoms with Gasteiger partial charge in [0.05, 0.1) is 0 Å². The zero-order chi connectivity index (χ0) is 23.2. The number of nitrogens with one attached hydrogen (secondary N) is 1. The molecule has 34 heavy (non-hydrogen) atoms. The number of hydrogen-bond donors (Lipinski definition) is 1. The zero-order valence-electron chi connectivity index (χ0n) is 19.9. The Kier molecular flexibility index (Phi) is 7.25. The van der Waals surface area contributed by atoms with Crippen LogP contribution in [0.4, 0.5) is 10.5 Å². The lowest BCUT2D eigenvalue weighted by molar-refractivity contribution is 0.141. The molecular weight excluding hydrogens is 418 g/mol. The standard InChI is InChI=1S/C30H35N3O/c34-30(31-28-13-5-2-6-14-28)33-23-27-12-8-7-11-26(27)22-29(33)17-20-32-18-15-25(16-19-32)21-24-9-3-1-4-10-24/h1-14,25,29H,15-23H2,(H,31,34). The summed E-state index contributed by atoms with van der Waals surface area (Å²) in [6, 6.07) is 29.5. The largest absolute Gasteiger partial charge is 0.322 e. The van der Waals surface area contributed by atoms with Crippen LogP contribution in [0.5, 0.6) is 0 Å². The number of piperidine rings is 1. The van der Waals surface area contributed by atoms with Crippen LogP contribution < -0.4 is 5.32 Å². The number of amides is 2. The maximum absolute atomic E-state index is 13.3. The minimum Gasteiger partial charge on any atom is -0.317 e. The summed E-state index contributed by atoms with van der Waals surface area (Å²) in [5.74, 6) is 0.786. The molecule has 2 aliphatic heterocycles. The normalized spacial score (nSPS) is 18.9. The first kappa shape index (κ1) is 22.7. The first-order valence-electron chi connectivity index (χ1n) is 12.7. The van der Waals surface area contributed by atoms with Gasteiger partial charge in [-0.3, -0.25) is 0 Å². The zero-order valence-corrected chi connectivity index (χ0v) is 19.9. The van der Waals surface area contributed by atoms with Crippen LogP contribution in [0.25, 0.3) is 0 Å². The Bertz CT molecular complexity index is 1060. The van der Waals surface area contributed by atoms with Gasteiger partial charge in [0.25, 0.3) is 0 Å². The first-order valence-corrected chi connectivity index (χ1v) is 12.7. The quantitative estimate of drug-likeness (QED) is 0.498. The molecule has 2 heterocycles. The van der Waals surface area contributed by atoms with Crippen LogP contribution in [0.1, 0.15) is 36.0 Å². The highest BCUT2D eigenvalue weighted by Crippen LogP contribution is 2.27. The van der Waals surface area contributed by atoms with Crippen LogP contribution in [-0.2, 0) is 19.4 Å². The van der Waals surface area contributed by atoms with Crippen LogP contribution in [0.2, 0.25) is 0 Å². The highest BCUT2D eigenvalue weighted by Gasteiger charge is 2.30. The number of fused-ring (bicyclic) bond motifs is 1. The van der Waals surface area contributed by atoms with Gasteiger partial charge in [-0.2, -0.15) is 0 Å². The van der Waals surface area contributed by atoms with E-state index in [4.69, 9.17) is 0 Å². The first-order chi connectivity index (χ1) is 16.7. The van der Waals surface area contributed by atoms with Crippen molar-refractivity contribution < 1.29 is 4.79 Å². The molecule has 1 N–H and O–H groups in total. The summed E-state index contributed by atoms with van der Waals surface area (Å²) < 4.78 is 0. The van der Waals surface area contributed by atoms with Crippen molar-refractivity contribution in [3.63, 3.8) is 0 Å². The minimum absolute atomic E-state index is 0.00673. The third-order valence-electron chi connectivity index (χ3n) is 7.49. The van der Waals surface area contributed by atoms with Gasteiger partial charge in [-0.1, -0.05) is 72.8 Å². The number of carbonyl (C=O) groups excluding carboxylic acids is 1. The van der Waals surface area contributed by atoms with Crippen LogP contribution in [0.15, 0.2) is 84.9 Å². The van der Waals surface area contributed by atoms with E-state index in [2.05, 4.69) is 69.7 Å². The predicted octanol–water partition coefficient (Wildman–Crippen LogP) is 5.99. The van der Waals surface area contributed by atoms with Crippen molar-refractivity contribution in [2.45, 2.75) is 44.7 Å². The molecule has 176 valence electrons. The fourth-order valence-electron chi connectivity index (χ4n) is 5.49. The Morgan fingerprint density at radius 2 is 1.47 bits per heavy atom. The fourth-order valence-corrected chi connectivity index (χ4v) is 5.49. The molecule has 4 nitrogen and oxygen atoms in total. The number of hydrogen-bond acceptors (Lipinski definition) is 2. The van der Waals surface area contributed by atoms with E-state index in [1.807, 2.05) is 30.3 Å². The predicted molar refractivity (Wildman–Crippen MR) is 139 cm³/mol. The average Bonchev–Trinajstić information content (AvgIpc) is 2.89. The van der Waals surface area contributed by atoms with E-state index in [1.54, 1.807) is 0 Å². The van der Waals surface area contributed by atoms with E-state index in [1.165, 1.54) is 36.0 Å². The second-order valence-corrected chi connectivity index (χ2v) is 9.81. The van der Waals surface area contributed by atoms with Gasteiger partial charge in [-0.15, -0.1) is 0 Å². The van der Waals surface area contributed by atoms with E-state index in [0.717, 1.165) is 44.1 Å². The second kappa shape index (κ2) is 10.9. The molecule has 5 rings (SSSR count). The molecule has 1 saturated heterocycles. The molecule has 0 bridgehead atoms. The number of anilines is 1. The van der Waals surface area contributed by atoms with Crippen molar-refractivity contribution in [2.75, 3.05) is 25.0 Å². The molecule has 1 atom stereocenters. The molecule has 3 aromatic rings. The molecule has 0 aromatic heterocycles. The Labute approximate surface area is 203 Å². The van der Waals surface area contributed by atoms with Gasteiger partial charge in [-0.25, -0.2) is 4.79 Å². The van der Waals surface area contributed by atoms with Gasteiger partial charge < -0.3 is 15.1 Å². The van der Waals surface area contributed by atoms with Crippen molar-refractivity contribution in [1.29, 1.82) is 0 Å². The molecule has 2 amide bonds. The van der Waals surface area contributed by atoms with E-state index >= 15 is 0 Å². The second-order valence-electron chi connectivity index (χ2n) is 9.81. The number of rotatable bonds is 6. The van der Waals surface area contributed by atoms with Crippen LogP contribution in [0.3, 0.4) is 0 Å². The van der Waals surface area contributed by atoms with Crippen molar-refractivity contribution in [1.82, 2.24) is 9.80 Å². The fraction of sp³-hybridized carbons (Fsp3) is 0.367. The van der Waals surface area contributed by atoms with E-state index < -0.39 is 0 Å². The van der Waals surface area contributed by atoms with E-state index in [-0.39, 0.29) is 12.1 Å². The van der Waals surface area contributed by atoms with Gasteiger partial charge in [-0.05, 0) is 79.9 Å². The molecule has 0 aliphatic carbocycles. The van der Waals surface area contributed by atoms with Crippen LogP contribution >= 0.6 is 0 Å². The third kappa shape index (κ3) is 5.68. The number of urea groups is 1. The Morgan fingerprint density at radius 1 is 0.824 bits per heavy atom. The molecule has 0 radical (unpaired) electrons. The Balaban J connectivity index is 1.18. The summed E-state index contributed by atoms with van der Waals surface area (Å²) in [6.45, 7) is 4.06. The third-order valence-corrected chi connectivity index (χ3v) is 7.49. The van der Waals surface area contributed by atoms with Gasteiger partial charge in [0.15, 0.2) is 0 Å². The maximum atomic E-state index is 13.3.